The molecule has 3 aromatic rings. The maximum atomic E-state index is 8.85. The number of aromatic nitrogens is 2. The highest BCUT2D eigenvalue weighted by atomic mass is 16.3. The van der Waals surface area contributed by atoms with Crippen molar-refractivity contribution in [1.82, 2.24) is 9.55 Å². The minimum Gasteiger partial charge on any atom is -0.467 e. The number of anilines is 1. The first-order valence-electron chi connectivity index (χ1n) is 6.55. The Hall–Kier alpha value is -3.00. The highest BCUT2D eigenvalue weighted by Gasteiger charge is 2.20. The molecule has 5 heteroatoms. The lowest BCUT2D eigenvalue weighted by Gasteiger charge is -2.17. The fourth-order valence-electron chi connectivity index (χ4n) is 2.18. The van der Waals surface area contributed by atoms with E-state index in [1.54, 1.807) is 24.6 Å². The lowest BCUT2D eigenvalue weighted by molar-refractivity contribution is 0.488. The van der Waals surface area contributed by atoms with Crippen molar-refractivity contribution in [2.45, 2.75) is 6.04 Å². The van der Waals surface area contributed by atoms with Crippen molar-refractivity contribution in [3.05, 3.63) is 72.2 Å². The Kier molecular flexibility index (Phi) is 3.44. The number of rotatable bonds is 4. The van der Waals surface area contributed by atoms with Crippen LogP contribution in [0, 0.1) is 11.3 Å². The molecule has 1 N–H and O–H groups in total. The monoisotopic (exact) mass is 278 g/mol. The van der Waals surface area contributed by atoms with Gasteiger partial charge in [0.25, 0.3) is 0 Å². The molecule has 0 amide bonds. The Balaban J connectivity index is 1.93. The number of benzene rings is 1. The van der Waals surface area contributed by atoms with E-state index in [4.69, 9.17) is 9.68 Å². The van der Waals surface area contributed by atoms with Gasteiger partial charge in [-0.05, 0) is 36.4 Å². The molecule has 0 aliphatic carbocycles. The van der Waals surface area contributed by atoms with E-state index in [1.165, 1.54) is 0 Å². The van der Waals surface area contributed by atoms with Crippen LogP contribution in [0.15, 0.2) is 59.5 Å². The first-order valence-corrected chi connectivity index (χ1v) is 6.55. The first-order chi connectivity index (χ1) is 10.3. The summed E-state index contributed by atoms with van der Waals surface area (Å²) in [5.74, 6) is 1.64. The molecule has 3 rings (SSSR count). The number of nitrogens with zero attached hydrogens (tertiary/aromatic N) is 3. The Labute approximate surface area is 122 Å². The lowest BCUT2D eigenvalue weighted by atomic mass is 10.1. The average molecular weight is 278 g/mol. The third-order valence-electron chi connectivity index (χ3n) is 3.27. The largest absolute Gasteiger partial charge is 0.467 e. The molecule has 0 radical (unpaired) electrons. The van der Waals surface area contributed by atoms with Crippen molar-refractivity contribution in [3.8, 4) is 6.07 Å². The molecule has 1 atom stereocenters. The second kappa shape index (κ2) is 5.55. The molecule has 104 valence electrons. The summed E-state index contributed by atoms with van der Waals surface area (Å²) in [5.41, 5.74) is 1.53. The summed E-state index contributed by atoms with van der Waals surface area (Å²) in [7, 11) is 1.94. The SMILES string of the molecule is Cn1ccnc1C(Nc1ccc(C#N)cc1)c1ccco1. The summed E-state index contributed by atoms with van der Waals surface area (Å²) in [6.45, 7) is 0. The van der Waals surface area contributed by atoms with E-state index in [0.717, 1.165) is 17.3 Å². The van der Waals surface area contributed by atoms with Crippen molar-refractivity contribution in [3.63, 3.8) is 0 Å². The number of hydrogen-bond acceptors (Lipinski definition) is 4. The zero-order chi connectivity index (χ0) is 14.7. The van der Waals surface area contributed by atoms with Gasteiger partial charge < -0.3 is 14.3 Å². The number of nitriles is 1. The molecule has 2 aromatic heterocycles. The van der Waals surface area contributed by atoms with Crippen LogP contribution >= 0.6 is 0 Å². The van der Waals surface area contributed by atoms with Gasteiger partial charge in [-0.2, -0.15) is 5.26 Å². The van der Waals surface area contributed by atoms with Gasteiger partial charge in [0.1, 0.15) is 17.6 Å². The van der Waals surface area contributed by atoms with Crippen LogP contribution in [0.1, 0.15) is 23.2 Å². The number of furan rings is 1. The second-order valence-electron chi connectivity index (χ2n) is 4.68. The highest BCUT2D eigenvalue weighted by Crippen LogP contribution is 2.25. The molecular weight excluding hydrogens is 264 g/mol. The van der Waals surface area contributed by atoms with Crippen LogP contribution in [-0.4, -0.2) is 9.55 Å². The molecule has 1 unspecified atom stereocenters. The van der Waals surface area contributed by atoms with Gasteiger partial charge in [-0.15, -0.1) is 0 Å². The van der Waals surface area contributed by atoms with Gasteiger partial charge in [0, 0.05) is 25.1 Å². The minimum absolute atomic E-state index is 0.187. The van der Waals surface area contributed by atoms with E-state index >= 15 is 0 Å². The summed E-state index contributed by atoms with van der Waals surface area (Å²) in [6.07, 6.45) is 5.29. The third-order valence-corrected chi connectivity index (χ3v) is 3.27. The Morgan fingerprint density at radius 1 is 1.29 bits per heavy atom. The number of aryl methyl sites for hydroxylation is 1. The van der Waals surface area contributed by atoms with Crippen LogP contribution in [-0.2, 0) is 7.05 Å². The molecule has 0 aliphatic rings. The van der Waals surface area contributed by atoms with Gasteiger partial charge in [0.15, 0.2) is 0 Å². The van der Waals surface area contributed by atoms with E-state index in [9.17, 15) is 0 Å². The predicted molar refractivity (Wildman–Crippen MR) is 78.5 cm³/mol. The molecule has 0 spiro atoms. The maximum Gasteiger partial charge on any atom is 0.143 e. The molecule has 0 aliphatic heterocycles. The third kappa shape index (κ3) is 2.65. The zero-order valence-corrected chi connectivity index (χ0v) is 11.5. The van der Waals surface area contributed by atoms with Crippen molar-refractivity contribution >= 4 is 5.69 Å². The zero-order valence-electron chi connectivity index (χ0n) is 11.5. The molecule has 21 heavy (non-hydrogen) atoms. The number of hydrogen-bond donors (Lipinski definition) is 1. The summed E-state index contributed by atoms with van der Waals surface area (Å²) >= 11 is 0. The summed E-state index contributed by atoms with van der Waals surface area (Å²) in [4.78, 5) is 4.39. The molecule has 2 heterocycles. The van der Waals surface area contributed by atoms with Crippen molar-refractivity contribution in [2.24, 2.45) is 7.05 Å². The molecule has 0 saturated carbocycles. The van der Waals surface area contributed by atoms with Crippen LogP contribution in [0.2, 0.25) is 0 Å². The van der Waals surface area contributed by atoms with Gasteiger partial charge in [-0.1, -0.05) is 0 Å². The summed E-state index contributed by atoms with van der Waals surface area (Å²) in [5, 5.41) is 12.2. The standard InChI is InChI=1S/C16H14N4O/c1-20-9-8-18-16(20)15(14-3-2-10-21-14)19-13-6-4-12(11-17)5-7-13/h2-10,15,19H,1H3. The van der Waals surface area contributed by atoms with Gasteiger partial charge in [0.05, 0.1) is 17.9 Å². The van der Waals surface area contributed by atoms with E-state index in [1.807, 2.05) is 42.1 Å². The van der Waals surface area contributed by atoms with E-state index in [0.29, 0.717) is 5.56 Å². The number of imidazole rings is 1. The summed E-state index contributed by atoms with van der Waals surface area (Å²) < 4.78 is 7.47. The fraction of sp³-hybridized carbons (Fsp3) is 0.125. The second-order valence-corrected chi connectivity index (χ2v) is 4.68. The van der Waals surface area contributed by atoms with Crippen molar-refractivity contribution < 1.29 is 4.42 Å². The normalized spacial score (nSPS) is 11.8. The molecule has 0 saturated heterocycles. The van der Waals surface area contributed by atoms with Gasteiger partial charge in [-0.3, -0.25) is 0 Å². The predicted octanol–water partition coefficient (Wildman–Crippen LogP) is 3.09. The Bertz CT molecular complexity index is 750. The van der Waals surface area contributed by atoms with E-state index in [-0.39, 0.29) is 6.04 Å². The maximum absolute atomic E-state index is 8.85. The average Bonchev–Trinajstić information content (AvgIpc) is 3.17. The van der Waals surface area contributed by atoms with Crippen molar-refractivity contribution in [2.75, 3.05) is 5.32 Å². The topological polar surface area (TPSA) is 66.8 Å². The van der Waals surface area contributed by atoms with Crippen LogP contribution in [0.4, 0.5) is 5.69 Å². The number of nitrogens with one attached hydrogen (secondary N) is 1. The van der Waals surface area contributed by atoms with E-state index < -0.39 is 0 Å². The van der Waals surface area contributed by atoms with Crippen LogP contribution in [0.3, 0.4) is 0 Å². The smallest absolute Gasteiger partial charge is 0.143 e. The molecule has 0 fully saturated rings. The summed E-state index contributed by atoms with van der Waals surface area (Å²) in [6, 6.07) is 13.0. The van der Waals surface area contributed by atoms with E-state index in [2.05, 4.69) is 16.4 Å². The van der Waals surface area contributed by atoms with Crippen LogP contribution < -0.4 is 5.32 Å². The fourth-order valence-corrected chi connectivity index (χ4v) is 2.18. The van der Waals surface area contributed by atoms with Gasteiger partial charge in [-0.25, -0.2) is 4.98 Å². The molecular formula is C16H14N4O. The molecule has 5 nitrogen and oxygen atoms in total. The van der Waals surface area contributed by atoms with Gasteiger partial charge >= 0.3 is 0 Å². The lowest BCUT2D eigenvalue weighted by Crippen LogP contribution is -2.16. The van der Waals surface area contributed by atoms with Crippen molar-refractivity contribution in [1.29, 1.82) is 5.26 Å². The Morgan fingerprint density at radius 3 is 2.67 bits per heavy atom. The molecule has 1 aromatic carbocycles. The Morgan fingerprint density at radius 2 is 2.10 bits per heavy atom. The highest BCUT2D eigenvalue weighted by molar-refractivity contribution is 5.49. The van der Waals surface area contributed by atoms with Crippen LogP contribution in [0.5, 0.6) is 0 Å². The molecule has 0 bridgehead atoms. The first kappa shape index (κ1) is 13.0. The van der Waals surface area contributed by atoms with Gasteiger partial charge in [0.2, 0.25) is 0 Å². The quantitative estimate of drug-likeness (QED) is 0.796. The van der Waals surface area contributed by atoms with Crippen LogP contribution in [0.25, 0.3) is 0 Å². The minimum atomic E-state index is -0.187.